The zero-order valence-corrected chi connectivity index (χ0v) is 21.0. The lowest BCUT2D eigenvalue weighted by atomic mass is 9.47. The number of hydrogen-bond acceptors (Lipinski definition) is 9. The Hall–Kier alpha value is -2.62. The molecule has 2 N–H and O–H groups in total. The van der Waals surface area contributed by atoms with Gasteiger partial charge in [-0.3, -0.25) is 9.59 Å². The van der Waals surface area contributed by atoms with Crippen molar-refractivity contribution in [3.8, 4) is 0 Å². The van der Waals surface area contributed by atoms with Gasteiger partial charge >= 0.3 is 11.9 Å². The van der Waals surface area contributed by atoms with E-state index >= 15 is 0 Å². The monoisotopic (exact) mass is 510 g/mol. The number of ether oxygens (including phenoxy) is 3. The van der Waals surface area contributed by atoms with E-state index in [1.807, 2.05) is 6.08 Å². The summed E-state index contributed by atoms with van der Waals surface area (Å²) in [6.07, 6.45) is 5.20. The highest BCUT2D eigenvalue weighted by Crippen LogP contribution is 2.73. The lowest BCUT2D eigenvalue weighted by Gasteiger charge is -2.60. The van der Waals surface area contributed by atoms with Crippen LogP contribution in [0.4, 0.5) is 0 Å². The molecule has 5 fully saturated rings. The van der Waals surface area contributed by atoms with Crippen LogP contribution in [0.15, 0.2) is 36.0 Å². The van der Waals surface area contributed by atoms with Crippen molar-refractivity contribution in [2.45, 2.75) is 81.6 Å². The first kappa shape index (κ1) is 23.5. The Bertz CT molecular complexity index is 1310. The van der Waals surface area contributed by atoms with Crippen LogP contribution in [0.25, 0.3) is 0 Å². The second kappa shape index (κ2) is 6.33. The van der Waals surface area contributed by atoms with E-state index < -0.39 is 75.0 Å². The molecule has 9 heteroatoms. The van der Waals surface area contributed by atoms with Crippen LogP contribution in [0.1, 0.15) is 52.9 Å². The SMILES string of the molecule is C=C1C(=O)O[C@@H]2C[C@@]1(C)[C@H]1C(=O)[C@@]3(O)O[C@]14[C@@]2(C)OC(=O)[C@@]4(O)CC[C@H]1[C@H]3CC=C2CC=CC(=O)[C@@]21C. The van der Waals surface area contributed by atoms with Crippen LogP contribution in [-0.4, -0.2) is 62.4 Å². The van der Waals surface area contributed by atoms with Gasteiger partial charge in [0.1, 0.15) is 6.10 Å². The highest BCUT2D eigenvalue weighted by molar-refractivity contribution is 6.02. The van der Waals surface area contributed by atoms with E-state index in [1.165, 1.54) is 13.0 Å². The molecule has 37 heavy (non-hydrogen) atoms. The van der Waals surface area contributed by atoms with Crippen molar-refractivity contribution in [2.75, 3.05) is 0 Å². The first-order valence-electron chi connectivity index (χ1n) is 13.0. The Morgan fingerprint density at radius 2 is 1.81 bits per heavy atom. The smallest absolute Gasteiger partial charge is 0.342 e. The third-order valence-electron chi connectivity index (χ3n) is 11.3. The van der Waals surface area contributed by atoms with E-state index in [0.29, 0.717) is 6.42 Å². The van der Waals surface area contributed by atoms with Gasteiger partial charge in [0, 0.05) is 16.9 Å². The Morgan fingerprint density at radius 3 is 2.54 bits per heavy atom. The predicted molar refractivity (Wildman–Crippen MR) is 124 cm³/mol. The van der Waals surface area contributed by atoms with Crippen molar-refractivity contribution >= 4 is 23.5 Å². The fourth-order valence-corrected chi connectivity index (χ4v) is 9.22. The fraction of sp³-hybridized carbons (Fsp3) is 0.643. The lowest BCUT2D eigenvalue weighted by molar-refractivity contribution is -0.339. The summed E-state index contributed by atoms with van der Waals surface area (Å²) < 4.78 is 18.0. The number of carbonyl (C=O) groups is 4. The molecule has 196 valence electrons. The summed E-state index contributed by atoms with van der Waals surface area (Å²) in [5.74, 6) is -7.72. The second-order valence-corrected chi connectivity index (χ2v) is 12.6. The maximum atomic E-state index is 14.5. The van der Waals surface area contributed by atoms with Crippen LogP contribution >= 0.6 is 0 Å². The number of rotatable bonds is 0. The van der Waals surface area contributed by atoms with Crippen molar-refractivity contribution in [1.82, 2.24) is 0 Å². The number of allylic oxidation sites excluding steroid dienone is 4. The average molecular weight is 511 g/mol. The highest BCUT2D eigenvalue weighted by atomic mass is 16.7. The van der Waals surface area contributed by atoms with E-state index in [9.17, 15) is 29.4 Å². The fourth-order valence-electron chi connectivity index (χ4n) is 9.22. The Morgan fingerprint density at radius 1 is 1.08 bits per heavy atom. The zero-order valence-electron chi connectivity index (χ0n) is 21.0. The van der Waals surface area contributed by atoms with Crippen molar-refractivity contribution in [3.05, 3.63) is 36.0 Å². The third kappa shape index (κ3) is 2.12. The van der Waals surface area contributed by atoms with Gasteiger partial charge < -0.3 is 24.4 Å². The minimum Gasteiger partial charge on any atom is -0.455 e. The van der Waals surface area contributed by atoms with Gasteiger partial charge in [0.05, 0.1) is 11.3 Å². The minimum atomic E-state index is -2.44. The number of fused-ring (bicyclic) bond motifs is 9. The van der Waals surface area contributed by atoms with Crippen molar-refractivity contribution in [3.63, 3.8) is 0 Å². The Balaban J connectivity index is 1.50. The largest absolute Gasteiger partial charge is 0.455 e. The summed E-state index contributed by atoms with van der Waals surface area (Å²) in [4.78, 5) is 54.3. The Kier molecular flexibility index (Phi) is 4.02. The number of Topliss-reactive ketones (excluding diaryl/α,β-unsaturated/α-hetero) is 1. The molecule has 0 aromatic heterocycles. The molecule has 1 spiro atoms. The van der Waals surface area contributed by atoms with E-state index in [1.54, 1.807) is 19.9 Å². The van der Waals surface area contributed by atoms with Crippen LogP contribution in [-0.2, 0) is 33.4 Å². The van der Waals surface area contributed by atoms with E-state index in [0.717, 1.165) is 5.57 Å². The van der Waals surface area contributed by atoms with Gasteiger partial charge in [-0.25, -0.2) is 9.59 Å². The summed E-state index contributed by atoms with van der Waals surface area (Å²) in [6.45, 7) is 8.91. The third-order valence-corrected chi connectivity index (χ3v) is 11.3. The summed E-state index contributed by atoms with van der Waals surface area (Å²) in [7, 11) is 0. The topological polar surface area (TPSA) is 136 Å². The Labute approximate surface area is 213 Å². The molecule has 4 aliphatic heterocycles. The van der Waals surface area contributed by atoms with Crippen LogP contribution in [0.3, 0.4) is 0 Å². The zero-order chi connectivity index (χ0) is 26.6. The molecule has 3 aliphatic carbocycles. The number of carbonyl (C=O) groups excluding carboxylic acids is 4. The first-order valence-corrected chi connectivity index (χ1v) is 13.0. The van der Waals surface area contributed by atoms with Crippen molar-refractivity contribution < 1.29 is 43.6 Å². The summed E-state index contributed by atoms with van der Waals surface area (Å²) in [5, 5.41) is 24.6. The standard InChI is InChI=1S/C28H30O9/c1-13-21(31)35-18-12-23(13,2)19-20(30)27(34)16-9-8-14-6-5-7-17(29)24(14,3)15(16)10-11-26(33)22(32)36-25(18,4)28(19,26)37-27/h5,7-8,15-16,18-19,33-34H,1,6,9-12H2,2-4H3/t15-,16+,18+,19+,23+,24-,25-,26-,27-,28-/m0/s1. The number of hydrogen-bond donors (Lipinski definition) is 2. The van der Waals surface area contributed by atoms with Gasteiger partial charge in [0.2, 0.25) is 5.79 Å². The molecule has 4 saturated heterocycles. The predicted octanol–water partition coefficient (Wildman–Crippen LogP) is 1.46. The molecule has 0 aromatic rings. The molecule has 0 aromatic carbocycles. The molecular weight excluding hydrogens is 480 g/mol. The summed E-state index contributed by atoms with van der Waals surface area (Å²) in [5.41, 5.74) is -7.44. The maximum Gasteiger partial charge on any atom is 0.342 e. The van der Waals surface area contributed by atoms with Gasteiger partial charge in [-0.1, -0.05) is 31.2 Å². The first-order chi connectivity index (χ1) is 17.2. The van der Waals surface area contributed by atoms with Crippen LogP contribution in [0.5, 0.6) is 0 Å². The highest BCUT2D eigenvalue weighted by Gasteiger charge is 2.91. The van der Waals surface area contributed by atoms with E-state index in [4.69, 9.17) is 14.2 Å². The van der Waals surface area contributed by atoms with Gasteiger partial charge in [0.25, 0.3) is 0 Å². The lowest BCUT2D eigenvalue weighted by Crippen LogP contribution is -2.77. The van der Waals surface area contributed by atoms with E-state index in [-0.39, 0.29) is 37.0 Å². The van der Waals surface area contributed by atoms with Crippen molar-refractivity contribution in [1.29, 1.82) is 0 Å². The van der Waals surface area contributed by atoms with Gasteiger partial charge in [0.15, 0.2) is 28.4 Å². The average Bonchev–Trinajstić information content (AvgIpc) is 3.19. The molecular formula is C28H30O9. The van der Waals surface area contributed by atoms with Crippen LogP contribution in [0.2, 0.25) is 0 Å². The molecule has 0 unspecified atom stereocenters. The number of esters is 2. The quantitative estimate of drug-likeness (QED) is 0.282. The molecule has 0 amide bonds. The molecule has 7 rings (SSSR count). The summed E-state index contributed by atoms with van der Waals surface area (Å²) >= 11 is 0. The molecule has 7 aliphatic rings. The number of ketones is 2. The minimum absolute atomic E-state index is 0.0271. The van der Waals surface area contributed by atoms with Gasteiger partial charge in [-0.05, 0) is 57.9 Å². The van der Waals surface area contributed by atoms with Gasteiger partial charge in [-0.2, -0.15) is 0 Å². The summed E-state index contributed by atoms with van der Waals surface area (Å²) in [6, 6.07) is 0. The molecule has 10 atom stereocenters. The maximum absolute atomic E-state index is 14.5. The van der Waals surface area contributed by atoms with E-state index in [2.05, 4.69) is 6.58 Å². The second-order valence-electron chi connectivity index (χ2n) is 12.6. The molecule has 1 saturated carbocycles. The molecule has 4 heterocycles. The number of aliphatic hydroxyl groups is 2. The van der Waals surface area contributed by atoms with Crippen LogP contribution in [0, 0.1) is 28.6 Å². The van der Waals surface area contributed by atoms with Crippen LogP contribution < -0.4 is 0 Å². The van der Waals surface area contributed by atoms with Gasteiger partial charge in [-0.15, -0.1) is 0 Å². The molecule has 4 bridgehead atoms. The van der Waals surface area contributed by atoms with Crippen molar-refractivity contribution in [2.24, 2.45) is 28.6 Å². The molecule has 0 radical (unpaired) electrons. The molecule has 9 nitrogen and oxygen atoms in total. The normalized spacial score (nSPS) is 55.4.